The van der Waals surface area contributed by atoms with Crippen LogP contribution < -0.4 is 16.0 Å². The SMILES string of the molecule is CCOC(=O)c1c(NC(=O)NC(C(=O)C(C)C)C2CCNCC2)sc2c1CCCC2. The van der Waals surface area contributed by atoms with Crippen LogP contribution in [0.4, 0.5) is 9.80 Å². The Bertz CT molecular complexity index is 784. The number of thiophene rings is 1. The highest BCUT2D eigenvalue weighted by Gasteiger charge is 2.33. The van der Waals surface area contributed by atoms with Gasteiger partial charge in [0.15, 0.2) is 5.78 Å². The summed E-state index contributed by atoms with van der Waals surface area (Å²) in [5.41, 5.74) is 1.49. The number of amides is 2. The van der Waals surface area contributed by atoms with Gasteiger partial charge in [-0.05, 0) is 70.0 Å². The van der Waals surface area contributed by atoms with Crippen LogP contribution in [0.15, 0.2) is 0 Å². The lowest BCUT2D eigenvalue weighted by Crippen LogP contribution is -2.51. The van der Waals surface area contributed by atoms with Gasteiger partial charge in [-0.15, -0.1) is 11.3 Å². The van der Waals surface area contributed by atoms with Gasteiger partial charge in [0, 0.05) is 10.8 Å². The summed E-state index contributed by atoms with van der Waals surface area (Å²) in [5.74, 6) is -0.379. The second-order valence-electron chi connectivity index (χ2n) is 8.36. The average molecular weight is 436 g/mol. The third kappa shape index (κ3) is 5.21. The molecule has 2 heterocycles. The number of aryl methyl sites for hydroxylation is 1. The second kappa shape index (κ2) is 10.4. The molecular formula is C22H33N3O4S. The van der Waals surface area contributed by atoms with Crippen molar-refractivity contribution in [3.05, 3.63) is 16.0 Å². The fourth-order valence-electron chi connectivity index (χ4n) is 4.31. The average Bonchev–Trinajstić information content (AvgIpc) is 3.10. The molecule has 1 fully saturated rings. The molecule has 1 aliphatic carbocycles. The van der Waals surface area contributed by atoms with Crippen molar-refractivity contribution in [2.24, 2.45) is 11.8 Å². The van der Waals surface area contributed by atoms with Crippen LogP contribution in [0.3, 0.4) is 0 Å². The molecule has 0 aromatic carbocycles. The standard InChI is InChI=1S/C22H33N3O4S/c1-4-29-21(27)17-15-7-5-6-8-16(15)30-20(17)25-22(28)24-18(19(26)13(2)3)14-9-11-23-12-10-14/h13-14,18,23H,4-12H2,1-3H3,(H2,24,25,28). The lowest BCUT2D eigenvalue weighted by Gasteiger charge is -2.31. The van der Waals surface area contributed by atoms with E-state index in [4.69, 9.17) is 4.74 Å². The fourth-order valence-corrected chi connectivity index (χ4v) is 5.58. The molecule has 1 unspecified atom stereocenters. The molecule has 1 saturated heterocycles. The quantitative estimate of drug-likeness (QED) is 0.570. The highest BCUT2D eigenvalue weighted by molar-refractivity contribution is 7.17. The van der Waals surface area contributed by atoms with Crippen LogP contribution >= 0.6 is 11.3 Å². The van der Waals surface area contributed by atoms with Crippen molar-refractivity contribution in [1.82, 2.24) is 10.6 Å². The molecule has 30 heavy (non-hydrogen) atoms. The first-order valence-electron chi connectivity index (χ1n) is 11.1. The van der Waals surface area contributed by atoms with Gasteiger partial charge in [-0.2, -0.15) is 0 Å². The highest BCUT2D eigenvalue weighted by Crippen LogP contribution is 2.38. The Balaban J connectivity index is 1.79. The number of rotatable bonds is 7. The molecule has 0 spiro atoms. The van der Waals surface area contributed by atoms with Gasteiger partial charge in [0.2, 0.25) is 0 Å². The van der Waals surface area contributed by atoms with E-state index in [-0.39, 0.29) is 30.2 Å². The predicted octanol–water partition coefficient (Wildman–Crippen LogP) is 3.52. The van der Waals surface area contributed by atoms with Gasteiger partial charge in [-0.3, -0.25) is 10.1 Å². The lowest BCUT2D eigenvalue weighted by molar-refractivity contribution is -0.125. The molecule has 2 aliphatic rings. The van der Waals surface area contributed by atoms with Gasteiger partial charge in [0.05, 0.1) is 18.2 Å². The zero-order valence-corrected chi connectivity index (χ0v) is 19.0. The van der Waals surface area contributed by atoms with E-state index in [1.165, 1.54) is 11.3 Å². The number of carbonyl (C=O) groups excluding carboxylic acids is 3. The molecule has 3 N–H and O–H groups in total. The second-order valence-corrected chi connectivity index (χ2v) is 9.46. The maximum Gasteiger partial charge on any atom is 0.341 e. The van der Waals surface area contributed by atoms with Crippen molar-refractivity contribution in [3.63, 3.8) is 0 Å². The van der Waals surface area contributed by atoms with Gasteiger partial charge >= 0.3 is 12.0 Å². The number of ketones is 1. The Morgan fingerprint density at radius 3 is 2.53 bits per heavy atom. The highest BCUT2D eigenvalue weighted by atomic mass is 32.1. The Morgan fingerprint density at radius 2 is 1.87 bits per heavy atom. The number of nitrogens with one attached hydrogen (secondary N) is 3. The molecule has 0 bridgehead atoms. The van der Waals surface area contributed by atoms with E-state index in [0.29, 0.717) is 10.6 Å². The number of esters is 1. The van der Waals surface area contributed by atoms with E-state index < -0.39 is 12.1 Å². The lowest BCUT2D eigenvalue weighted by atomic mass is 9.84. The number of hydrogen-bond acceptors (Lipinski definition) is 6. The Labute approximate surface area is 182 Å². The molecule has 1 atom stereocenters. The number of anilines is 1. The summed E-state index contributed by atoms with van der Waals surface area (Å²) in [6.45, 7) is 7.48. The van der Waals surface area contributed by atoms with Gasteiger partial charge in [0.25, 0.3) is 0 Å². The van der Waals surface area contributed by atoms with Crippen LogP contribution in [-0.4, -0.2) is 43.5 Å². The molecule has 7 nitrogen and oxygen atoms in total. The number of carbonyl (C=O) groups is 3. The largest absolute Gasteiger partial charge is 0.462 e. The summed E-state index contributed by atoms with van der Waals surface area (Å²) in [6, 6.07) is -0.954. The van der Waals surface area contributed by atoms with Crippen LogP contribution in [0.25, 0.3) is 0 Å². The monoisotopic (exact) mass is 435 g/mol. The summed E-state index contributed by atoms with van der Waals surface area (Å²) >= 11 is 1.45. The summed E-state index contributed by atoms with van der Waals surface area (Å²) in [5, 5.41) is 9.62. The minimum Gasteiger partial charge on any atom is -0.462 e. The molecule has 2 amide bonds. The number of urea groups is 1. The van der Waals surface area contributed by atoms with Crippen LogP contribution in [-0.2, 0) is 22.4 Å². The minimum absolute atomic E-state index is 0.0492. The molecule has 8 heteroatoms. The Morgan fingerprint density at radius 1 is 1.17 bits per heavy atom. The van der Waals surface area contributed by atoms with Crippen molar-refractivity contribution < 1.29 is 19.1 Å². The predicted molar refractivity (Wildman–Crippen MR) is 118 cm³/mol. The third-order valence-electron chi connectivity index (χ3n) is 5.90. The number of hydrogen-bond donors (Lipinski definition) is 3. The molecule has 3 rings (SSSR count). The first-order chi connectivity index (χ1) is 14.4. The van der Waals surface area contributed by atoms with Crippen molar-refractivity contribution in [2.45, 2.75) is 65.3 Å². The van der Waals surface area contributed by atoms with E-state index in [2.05, 4.69) is 16.0 Å². The summed E-state index contributed by atoms with van der Waals surface area (Å²) in [4.78, 5) is 39.5. The number of ether oxygens (including phenoxy) is 1. The van der Waals surface area contributed by atoms with Crippen LogP contribution in [0, 0.1) is 11.8 Å². The minimum atomic E-state index is -0.521. The number of piperidine rings is 1. The van der Waals surface area contributed by atoms with Gasteiger partial charge in [0.1, 0.15) is 5.00 Å². The number of fused-ring (bicyclic) bond motifs is 1. The van der Waals surface area contributed by atoms with E-state index in [1.54, 1.807) is 6.92 Å². The number of Topliss-reactive ketones (excluding diaryl/α,β-unsaturated/α-hetero) is 1. The first kappa shape index (κ1) is 22.7. The summed E-state index contributed by atoms with van der Waals surface area (Å²) in [7, 11) is 0. The zero-order valence-electron chi connectivity index (χ0n) is 18.1. The zero-order chi connectivity index (χ0) is 21.7. The van der Waals surface area contributed by atoms with Crippen LogP contribution in [0.2, 0.25) is 0 Å². The topological polar surface area (TPSA) is 96.5 Å². The molecule has 1 aromatic heterocycles. The van der Waals surface area contributed by atoms with Crippen molar-refractivity contribution >= 4 is 34.1 Å². The summed E-state index contributed by atoms with van der Waals surface area (Å²) < 4.78 is 5.26. The molecular weight excluding hydrogens is 402 g/mol. The van der Waals surface area contributed by atoms with Crippen molar-refractivity contribution in [1.29, 1.82) is 0 Å². The first-order valence-corrected chi connectivity index (χ1v) is 11.9. The summed E-state index contributed by atoms with van der Waals surface area (Å²) in [6.07, 6.45) is 5.56. The molecule has 1 aliphatic heterocycles. The maximum atomic E-state index is 12.9. The Kier molecular flexibility index (Phi) is 7.88. The Hall–Kier alpha value is -1.93. The van der Waals surface area contributed by atoms with E-state index >= 15 is 0 Å². The van der Waals surface area contributed by atoms with Crippen molar-refractivity contribution in [3.8, 4) is 0 Å². The molecule has 166 valence electrons. The molecule has 0 saturated carbocycles. The molecule has 0 radical (unpaired) electrons. The van der Waals surface area contributed by atoms with E-state index in [0.717, 1.165) is 62.1 Å². The van der Waals surface area contributed by atoms with Gasteiger partial charge in [-0.25, -0.2) is 9.59 Å². The van der Waals surface area contributed by atoms with Crippen LogP contribution in [0.1, 0.15) is 67.3 Å². The van der Waals surface area contributed by atoms with E-state index in [1.807, 2.05) is 13.8 Å². The smallest absolute Gasteiger partial charge is 0.341 e. The van der Waals surface area contributed by atoms with Gasteiger partial charge in [-0.1, -0.05) is 13.8 Å². The maximum absolute atomic E-state index is 12.9. The molecule has 1 aromatic rings. The van der Waals surface area contributed by atoms with Crippen molar-refractivity contribution in [2.75, 3.05) is 25.0 Å². The third-order valence-corrected chi connectivity index (χ3v) is 7.10. The fraction of sp³-hybridized carbons (Fsp3) is 0.682. The normalized spacial score (nSPS) is 17.9. The van der Waals surface area contributed by atoms with E-state index in [9.17, 15) is 14.4 Å². The van der Waals surface area contributed by atoms with Gasteiger partial charge < -0.3 is 15.4 Å². The van der Waals surface area contributed by atoms with Crippen LogP contribution in [0.5, 0.6) is 0 Å².